The zero-order valence-corrected chi connectivity index (χ0v) is 17.4. The Hall–Kier alpha value is -2.64. The molecule has 0 aliphatic carbocycles. The Kier molecular flexibility index (Phi) is 4.26. The minimum absolute atomic E-state index is 0.0492. The molecule has 1 saturated heterocycles. The number of halogens is 1. The van der Waals surface area contributed by atoms with E-state index in [1.54, 1.807) is 9.42 Å². The van der Waals surface area contributed by atoms with Crippen molar-refractivity contribution in [1.29, 1.82) is 0 Å². The quantitative estimate of drug-likeness (QED) is 0.663. The van der Waals surface area contributed by atoms with Crippen molar-refractivity contribution in [2.45, 2.75) is 33.0 Å². The standard InChI is InChI=1S/C21H22ClN5O2/c1-12-19(22)13(2)27-20(23-12)16-10-26(11-17(16)24-27)21(28)15-6-4-5-7-18(15)29-14-8-25(3)9-14/h4-7,14H,8-11H2,1-3H3. The largest absolute Gasteiger partial charge is 0.487 e. The fourth-order valence-electron chi connectivity index (χ4n) is 4.07. The van der Waals surface area contributed by atoms with Crippen LogP contribution in [-0.2, 0) is 13.1 Å². The van der Waals surface area contributed by atoms with Crippen molar-refractivity contribution in [2.75, 3.05) is 20.1 Å². The molecule has 0 atom stereocenters. The first-order valence-electron chi connectivity index (χ1n) is 9.69. The van der Waals surface area contributed by atoms with Crippen LogP contribution in [0.15, 0.2) is 24.3 Å². The maximum atomic E-state index is 13.3. The number of nitrogens with zero attached hydrogens (tertiary/aromatic N) is 5. The molecule has 0 spiro atoms. The maximum Gasteiger partial charge on any atom is 0.258 e. The molecule has 2 aromatic heterocycles. The lowest BCUT2D eigenvalue weighted by Gasteiger charge is -2.36. The predicted octanol–water partition coefficient (Wildman–Crippen LogP) is 2.85. The SMILES string of the molecule is Cc1nc2c3c(nn2c(C)c1Cl)CN(C(=O)c1ccccc1OC1CN(C)C1)C3. The number of likely N-dealkylation sites (tertiary alicyclic amines) is 1. The van der Waals surface area contributed by atoms with Gasteiger partial charge >= 0.3 is 0 Å². The Morgan fingerprint density at radius 3 is 2.72 bits per heavy atom. The van der Waals surface area contributed by atoms with Gasteiger partial charge in [0.25, 0.3) is 5.91 Å². The van der Waals surface area contributed by atoms with Gasteiger partial charge in [-0.3, -0.25) is 9.69 Å². The van der Waals surface area contributed by atoms with Gasteiger partial charge in [0.05, 0.1) is 40.8 Å². The molecule has 1 aromatic carbocycles. The molecule has 29 heavy (non-hydrogen) atoms. The summed E-state index contributed by atoms with van der Waals surface area (Å²) in [6.45, 7) is 6.50. The van der Waals surface area contributed by atoms with Crippen molar-refractivity contribution >= 4 is 23.2 Å². The molecule has 0 saturated carbocycles. The van der Waals surface area contributed by atoms with Gasteiger partial charge < -0.3 is 9.64 Å². The number of aromatic nitrogens is 3. The zero-order chi connectivity index (χ0) is 20.3. The molecule has 8 heteroatoms. The van der Waals surface area contributed by atoms with Crippen LogP contribution in [0, 0.1) is 13.8 Å². The van der Waals surface area contributed by atoms with Crippen LogP contribution in [0.25, 0.3) is 5.65 Å². The highest BCUT2D eigenvalue weighted by Gasteiger charge is 2.32. The summed E-state index contributed by atoms with van der Waals surface area (Å²) in [4.78, 5) is 21.9. The number of carbonyl (C=O) groups excluding carboxylic acids is 1. The number of benzene rings is 1. The summed E-state index contributed by atoms with van der Waals surface area (Å²) in [6, 6.07) is 7.47. The van der Waals surface area contributed by atoms with E-state index in [9.17, 15) is 4.79 Å². The Bertz CT molecular complexity index is 1140. The Morgan fingerprint density at radius 2 is 1.97 bits per heavy atom. The molecule has 0 unspecified atom stereocenters. The molecule has 3 aromatic rings. The second kappa shape index (κ2) is 6.71. The third-order valence-electron chi connectivity index (χ3n) is 5.68. The van der Waals surface area contributed by atoms with Crippen molar-refractivity contribution in [3.63, 3.8) is 0 Å². The van der Waals surface area contributed by atoms with Gasteiger partial charge in [0.15, 0.2) is 5.65 Å². The number of para-hydroxylation sites is 1. The van der Waals surface area contributed by atoms with Crippen LogP contribution in [0.3, 0.4) is 0 Å². The Balaban J connectivity index is 1.42. The normalized spacial score (nSPS) is 16.9. The van der Waals surface area contributed by atoms with E-state index in [1.807, 2.05) is 38.1 Å². The lowest BCUT2D eigenvalue weighted by atomic mass is 10.1. The zero-order valence-electron chi connectivity index (χ0n) is 16.6. The predicted molar refractivity (Wildman–Crippen MR) is 109 cm³/mol. The maximum absolute atomic E-state index is 13.3. The van der Waals surface area contributed by atoms with Crippen molar-refractivity contribution in [1.82, 2.24) is 24.4 Å². The number of rotatable bonds is 3. The van der Waals surface area contributed by atoms with Crippen molar-refractivity contribution in [3.05, 3.63) is 57.5 Å². The highest BCUT2D eigenvalue weighted by atomic mass is 35.5. The van der Waals surface area contributed by atoms with Gasteiger partial charge in [0, 0.05) is 18.7 Å². The minimum Gasteiger partial charge on any atom is -0.487 e. The molecule has 5 rings (SSSR count). The lowest BCUT2D eigenvalue weighted by Crippen LogP contribution is -2.51. The van der Waals surface area contributed by atoms with Gasteiger partial charge in [-0.15, -0.1) is 0 Å². The third-order valence-corrected chi connectivity index (χ3v) is 6.23. The average Bonchev–Trinajstić information content (AvgIpc) is 3.24. The van der Waals surface area contributed by atoms with Gasteiger partial charge in [-0.1, -0.05) is 23.7 Å². The van der Waals surface area contributed by atoms with E-state index in [1.165, 1.54) is 0 Å². The van der Waals surface area contributed by atoms with E-state index >= 15 is 0 Å². The first-order valence-corrected chi connectivity index (χ1v) is 10.1. The van der Waals surface area contributed by atoms with E-state index in [0.717, 1.165) is 41.4 Å². The lowest BCUT2D eigenvalue weighted by molar-refractivity contribution is 0.0373. The molecule has 1 amide bonds. The summed E-state index contributed by atoms with van der Waals surface area (Å²) in [6.07, 6.45) is 0.133. The summed E-state index contributed by atoms with van der Waals surface area (Å²) in [5.41, 5.74) is 4.86. The summed E-state index contributed by atoms with van der Waals surface area (Å²) in [7, 11) is 2.05. The topological polar surface area (TPSA) is 63.0 Å². The third kappa shape index (κ3) is 2.96. The summed E-state index contributed by atoms with van der Waals surface area (Å²) in [5, 5.41) is 5.29. The molecule has 7 nitrogen and oxygen atoms in total. The number of likely N-dealkylation sites (N-methyl/N-ethyl adjacent to an activating group) is 1. The van der Waals surface area contributed by atoms with Crippen LogP contribution in [-0.4, -0.2) is 56.5 Å². The number of fused-ring (bicyclic) bond motifs is 3. The van der Waals surface area contributed by atoms with Crippen LogP contribution < -0.4 is 4.74 Å². The Labute approximate surface area is 173 Å². The van der Waals surface area contributed by atoms with Crippen LogP contribution in [0.4, 0.5) is 0 Å². The van der Waals surface area contributed by atoms with Crippen LogP contribution >= 0.6 is 11.6 Å². The fraction of sp³-hybridized carbons (Fsp3) is 0.381. The number of amides is 1. The molecule has 4 heterocycles. The second-order valence-electron chi connectivity index (χ2n) is 7.88. The van der Waals surface area contributed by atoms with Gasteiger partial charge in [-0.2, -0.15) is 5.10 Å². The molecule has 2 aliphatic rings. The molecule has 0 radical (unpaired) electrons. The monoisotopic (exact) mass is 411 g/mol. The number of hydrogen-bond donors (Lipinski definition) is 0. The molecular formula is C21H22ClN5O2. The van der Waals surface area contributed by atoms with Gasteiger partial charge in [-0.05, 0) is 33.0 Å². The van der Waals surface area contributed by atoms with E-state index in [-0.39, 0.29) is 12.0 Å². The number of ether oxygens (including phenoxy) is 1. The fourth-order valence-corrected chi connectivity index (χ4v) is 4.19. The van der Waals surface area contributed by atoms with Gasteiger partial charge in [0.2, 0.25) is 0 Å². The average molecular weight is 412 g/mol. The number of aryl methyl sites for hydroxylation is 2. The molecule has 150 valence electrons. The van der Waals surface area contributed by atoms with Crippen LogP contribution in [0.1, 0.15) is 33.0 Å². The highest BCUT2D eigenvalue weighted by Crippen LogP contribution is 2.31. The molecule has 0 N–H and O–H groups in total. The van der Waals surface area contributed by atoms with Crippen molar-refractivity contribution in [3.8, 4) is 5.75 Å². The van der Waals surface area contributed by atoms with E-state index in [0.29, 0.717) is 29.4 Å². The van der Waals surface area contributed by atoms with E-state index in [4.69, 9.17) is 16.3 Å². The minimum atomic E-state index is -0.0492. The highest BCUT2D eigenvalue weighted by molar-refractivity contribution is 6.31. The number of carbonyl (C=O) groups is 1. The smallest absolute Gasteiger partial charge is 0.258 e. The molecule has 1 fully saturated rings. The van der Waals surface area contributed by atoms with Crippen molar-refractivity contribution in [2.24, 2.45) is 0 Å². The van der Waals surface area contributed by atoms with Crippen molar-refractivity contribution < 1.29 is 9.53 Å². The van der Waals surface area contributed by atoms with Gasteiger partial charge in [0.1, 0.15) is 11.9 Å². The van der Waals surface area contributed by atoms with Crippen LogP contribution in [0.2, 0.25) is 5.02 Å². The molecule has 0 bridgehead atoms. The summed E-state index contributed by atoms with van der Waals surface area (Å²) in [5.74, 6) is 0.595. The van der Waals surface area contributed by atoms with Gasteiger partial charge in [-0.25, -0.2) is 9.50 Å². The molecular weight excluding hydrogens is 390 g/mol. The van der Waals surface area contributed by atoms with E-state index < -0.39 is 0 Å². The molecule has 2 aliphatic heterocycles. The first-order chi connectivity index (χ1) is 13.9. The summed E-state index contributed by atoms with van der Waals surface area (Å²) < 4.78 is 7.85. The Morgan fingerprint density at radius 1 is 1.21 bits per heavy atom. The first kappa shape index (κ1) is 18.4. The second-order valence-corrected chi connectivity index (χ2v) is 8.25. The van der Waals surface area contributed by atoms with E-state index in [2.05, 4.69) is 22.0 Å². The van der Waals surface area contributed by atoms with Crippen LogP contribution in [0.5, 0.6) is 5.75 Å². The summed E-state index contributed by atoms with van der Waals surface area (Å²) >= 11 is 6.32. The number of hydrogen-bond acceptors (Lipinski definition) is 5.